The summed E-state index contributed by atoms with van der Waals surface area (Å²) in [5, 5.41) is 16.9. The smallest absolute Gasteiger partial charge is 0.235 e. The van der Waals surface area contributed by atoms with Gasteiger partial charge in [-0.1, -0.05) is 31.1 Å². The molecule has 1 saturated carbocycles. The van der Waals surface area contributed by atoms with Crippen molar-refractivity contribution < 1.29 is 19.4 Å². The zero-order valence-electron chi connectivity index (χ0n) is 20.5. The zero-order chi connectivity index (χ0) is 24.8. The Morgan fingerprint density at radius 1 is 1.31 bits per heavy atom. The Labute approximate surface area is 206 Å². The zero-order valence-corrected chi connectivity index (χ0v) is 20.5. The van der Waals surface area contributed by atoms with Crippen molar-refractivity contribution in [1.29, 1.82) is 0 Å². The standard InChI is InChI=1S/C28H35N3O4/c1-3-4-8-21(17-32)24-14-20(15-30-24)13-19(2)29-16-22(33)18-35-25-10-7-9-23-26(25)28(27(34)31-23)11-5-6-12-28/h3-4,7-10,14-15,17,19,22,29-30,33H,5-6,11-13,16,18H2,1-2H3,(H,31,34)/b4-3-,21-8-. The number of ether oxygens (including phenoxy) is 1. The summed E-state index contributed by atoms with van der Waals surface area (Å²) in [6.07, 6.45) is 12.1. The van der Waals surface area contributed by atoms with Gasteiger partial charge in [0.2, 0.25) is 5.91 Å². The molecular weight excluding hydrogens is 442 g/mol. The minimum atomic E-state index is -0.690. The number of benzene rings is 1. The lowest BCUT2D eigenvalue weighted by Crippen LogP contribution is -2.37. The van der Waals surface area contributed by atoms with Crippen molar-refractivity contribution in [1.82, 2.24) is 10.3 Å². The molecule has 2 aliphatic rings. The SMILES string of the molecule is C/C=C\C=C(\C=O)c1cc(CC(C)NCC(O)COc2cccc3c2C2(CCCC2)C(=O)N3)c[nH]1. The van der Waals surface area contributed by atoms with Crippen LogP contribution >= 0.6 is 0 Å². The second-order valence-electron chi connectivity index (χ2n) is 9.59. The van der Waals surface area contributed by atoms with Crippen LogP contribution in [0.5, 0.6) is 5.75 Å². The first-order chi connectivity index (χ1) is 17.0. The number of carbonyl (C=O) groups is 2. The maximum absolute atomic E-state index is 12.7. The third kappa shape index (κ3) is 5.41. The van der Waals surface area contributed by atoms with Crippen LogP contribution in [0, 0.1) is 0 Å². The first-order valence-corrected chi connectivity index (χ1v) is 12.4. The number of aldehydes is 1. The number of hydrogen-bond acceptors (Lipinski definition) is 5. The van der Waals surface area contributed by atoms with Gasteiger partial charge in [0.15, 0.2) is 6.29 Å². The Morgan fingerprint density at radius 2 is 2.11 bits per heavy atom. The van der Waals surface area contributed by atoms with E-state index < -0.39 is 11.5 Å². The summed E-state index contributed by atoms with van der Waals surface area (Å²) in [5.41, 5.74) is 3.78. The number of nitrogens with one attached hydrogen (secondary N) is 3. The maximum Gasteiger partial charge on any atom is 0.235 e. The quantitative estimate of drug-likeness (QED) is 0.223. The molecule has 7 nitrogen and oxygen atoms in total. The molecule has 35 heavy (non-hydrogen) atoms. The van der Waals surface area contributed by atoms with Crippen molar-refractivity contribution in [3.63, 3.8) is 0 Å². The molecule has 1 aliphatic heterocycles. The van der Waals surface area contributed by atoms with E-state index in [1.165, 1.54) is 0 Å². The van der Waals surface area contributed by atoms with Gasteiger partial charge in [-0.15, -0.1) is 0 Å². The van der Waals surface area contributed by atoms with Crippen LogP contribution in [0.1, 0.15) is 56.4 Å². The summed E-state index contributed by atoms with van der Waals surface area (Å²) in [5.74, 6) is 0.759. The molecule has 2 unspecified atom stereocenters. The Hall–Kier alpha value is -3.16. The fraction of sp³-hybridized carbons (Fsp3) is 0.429. The van der Waals surface area contributed by atoms with Crippen molar-refractivity contribution in [2.45, 2.75) is 63.5 Å². The summed E-state index contributed by atoms with van der Waals surface area (Å²) in [7, 11) is 0. The van der Waals surface area contributed by atoms with Crippen LogP contribution in [-0.2, 0) is 21.4 Å². The highest BCUT2D eigenvalue weighted by atomic mass is 16.5. The fourth-order valence-electron chi connectivity index (χ4n) is 5.18. The monoisotopic (exact) mass is 477 g/mol. The summed E-state index contributed by atoms with van der Waals surface area (Å²) < 4.78 is 6.04. The van der Waals surface area contributed by atoms with Crippen molar-refractivity contribution in [3.05, 3.63) is 65.5 Å². The molecule has 2 heterocycles. The summed E-state index contributed by atoms with van der Waals surface area (Å²) in [6, 6.07) is 7.80. The van der Waals surface area contributed by atoms with Gasteiger partial charge in [0.1, 0.15) is 18.5 Å². The van der Waals surface area contributed by atoms with Crippen LogP contribution in [0.3, 0.4) is 0 Å². The number of allylic oxidation sites excluding steroid dienone is 4. The van der Waals surface area contributed by atoms with Crippen LogP contribution in [0.25, 0.3) is 5.57 Å². The van der Waals surface area contributed by atoms with Gasteiger partial charge < -0.3 is 25.5 Å². The van der Waals surface area contributed by atoms with Gasteiger partial charge >= 0.3 is 0 Å². The molecule has 186 valence electrons. The lowest BCUT2D eigenvalue weighted by molar-refractivity contribution is -0.120. The number of hydrogen-bond donors (Lipinski definition) is 4. The first kappa shape index (κ1) is 24.9. The number of anilines is 1. The van der Waals surface area contributed by atoms with E-state index in [-0.39, 0.29) is 18.6 Å². The number of aliphatic hydroxyl groups excluding tert-OH is 1. The second-order valence-corrected chi connectivity index (χ2v) is 9.59. The van der Waals surface area contributed by atoms with Crippen LogP contribution in [0.4, 0.5) is 5.69 Å². The molecular formula is C28H35N3O4. The number of fused-ring (bicyclic) bond motifs is 2. The number of aromatic amines is 1. The van der Waals surface area contributed by atoms with E-state index in [0.717, 1.165) is 60.9 Å². The number of amides is 1. The Bertz CT molecular complexity index is 1110. The Kier molecular flexibility index (Phi) is 7.88. The minimum absolute atomic E-state index is 0.0718. The average Bonchev–Trinajstić information content (AvgIpc) is 3.58. The molecule has 1 amide bonds. The molecule has 2 aromatic rings. The molecule has 4 N–H and O–H groups in total. The van der Waals surface area contributed by atoms with Crippen molar-refractivity contribution in [3.8, 4) is 5.75 Å². The Morgan fingerprint density at radius 3 is 2.86 bits per heavy atom. The van der Waals surface area contributed by atoms with Crippen molar-refractivity contribution in [2.24, 2.45) is 0 Å². The van der Waals surface area contributed by atoms with Crippen molar-refractivity contribution >= 4 is 23.5 Å². The first-order valence-electron chi connectivity index (χ1n) is 12.4. The number of aliphatic hydroxyl groups is 1. The fourth-order valence-corrected chi connectivity index (χ4v) is 5.18. The molecule has 2 atom stereocenters. The highest BCUT2D eigenvalue weighted by Crippen LogP contribution is 2.52. The largest absolute Gasteiger partial charge is 0.490 e. The Balaban J connectivity index is 1.29. The third-order valence-electron chi connectivity index (χ3n) is 6.97. The van der Waals surface area contributed by atoms with E-state index in [4.69, 9.17) is 4.74 Å². The molecule has 1 aliphatic carbocycles. The molecule has 1 fully saturated rings. The highest BCUT2D eigenvalue weighted by Gasteiger charge is 2.50. The predicted molar refractivity (Wildman–Crippen MR) is 138 cm³/mol. The van der Waals surface area contributed by atoms with Crippen molar-refractivity contribution in [2.75, 3.05) is 18.5 Å². The molecule has 4 rings (SSSR count). The normalized spacial score (nSPS) is 18.6. The van der Waals surface area contributed by atoms with Gasteiger partial charge in [-0.3, -0.25) is 9.59 Å². The molecule has 7 heteroatoms. The van der Waals surface area contributed by atoms with Gasteiger partial charge in [-0.2, -0.15) is 0 Å². The van der Waals surface area contributed by atoms with Crippen LogP contribution in [0.2, 0.25) is 0 Å². The lowest BCUT2D eigenvalue weighted by atomic mass is 9.79. The van der Waals surface area contributed by atoms with Gasteiger partial charge in [0.05, 0.1) is 5.41 Å². The van der Waals surface area contributed by atoms with Crippen LogP contribution in [-0.4, -0.2) is 47.6 Å². The summed E-state index contributed by atoms with van der Waals surface area (Å²) >= 11 is 0. The van der Waals surface area contributed by atoms with E-state index in [1.54, 1.807) is 6.08 Å². The second kappa shape index (κ2) is 11.1. The molecule has 1 spiro atoms. The molecule has 0 bridgehead atoms. The van der Waals surface area contributed by atoms with E-state index >= 15 is 0 Å². The number of aromatic nitrogens is 1. The number of H-pyrrole nitrogens is 1. The van der Waals surface area contributed by atoms with E-state index in [2.05, 4.69) is 22.5 Å². The summed E-state index contributed by atoms with van der Waals surface area (Å²) in [4.78, 5) is 27.2. The van der Waals surface area contributed by atoms with E-state index in [0.29, 0.717) is 17.9 Å². The maximum atomic E-state index is 12.7. The molecule has 1 aromatic carbocycles. The molecule has 1 aromatic heterocycles. The van der Waals surface area contributed by atoms with Crippen LogP contribution in [0.15, 0.2) is 48.7 Å². The highest BCUT2D eigenvalue weighted by molar-refractivity contribution is 6.07. The van der Waals surface area contributed by atoms with E-state index in [9.17, 15) is 14.7 Å². The average molecular weight is 478 g/mol. The van der Waals surface area contributed by atoms with Crippen LogP contribution < -0.4 is 15.4 Å². The predicted octanol–water partition coefficient (Wildman–Crippen LogP) is 3.90. The van der Waals surface area contributed by atoms with Gasteiger partial charge in [-0.05, 0) is 62.9 Å². The third-order valence-corrected chi connectivity index (χ3v) is 6.97. The number of carbonyl (C=O) groups excluding carboxylic acids is 2. The topological polar surface area (TPSA) is 103 Å². The van der Waals surface area contributed by atoms with Gasteiger partial charge in [0.25, 0.3) is 0 Å². The van der Waals surface area contributed by atoms with Gasteiger partial charge in [0, 0.05) is 41.3 Å². The minimum Gasteiger partial charge on any atom is -0.490 e. The van der Waals surface area contributed by atoms with E-state index in [1.807, 2.05) is 49.5 Å². The number of rotatable bonds is 11. The van der Waals surface area contributed by atoms with Gasteiger partial charge in [-0.25, -0.2) is 0 Å². The summed E-state index contributed by atoms with van der Waals surface area (Å²) in [6.45, 7) is 4.49. The lowest BCUT2D eigenvalue weighted by Gasteiger charge is -2.24. The molecule has 0 radical (unpaired) electrons. The molecule has 0 saturated heterocycles.